The third-order valence-electron chi connectivity index (χ3n) is 3.94. The lowest BCUT2D eigenvalue weighted by atomic mass is 10.0. The number of pyridine rings is 1. The zero-order chi connectivity index (χ0) is 15.5. The summed E-state index contributed by atoms with van der Waals surface area (Å²) < 4.78 is 2.17. The molecule has 0 bridgehead atoms. The van der Waals surface area contributed by atoms with Gasteiger partial charge in [-0.05, 0) is 49.7 Å². The van der Waals surface area contributed by atoms with Gasteiger partial charge in [0.25, 0.3) is 0 Å². The van der Waals surface area contributed by atoms with Gasteiger partial charge in [0.1, 0.15) is 5.82 Å². The third kappa shape index (κ3) is 2.72. The molecule has 114 valence electrons. The standard InChI is InChI=1S/C17H19ClN4/c1-2-12(7-9-19)17-21-15-8-10-20-11-16(15)22(17)14-5-3-13(18)4-6-14/h3-6,8,10-12H,2,7,9,19H2,1H3. The Bertz CT molecular complexity index is 764. The van der Waals surface area contributed by atoms with Gasteiger partial charge in [-0.2, -0.15) is 0 Å². The average molecular weight is 315 g/mol. The SMILES string of the molecule is CCC(CCN)c1nc2ccncc2n1-c1ccc(Cl)cc1. The van der Waals surface area contributed by atoms with Crippen molar-refractivity contribution in [2.75, 3.05) is 6.54 Å². The predicted molar refractivity (Wildman–Crippen MR) is 90.6 cm³/mol. The van der Waals surface area contributed by atoms with Crippen LogP contribution in [0.1, 0.15) is 31.5 Å². The van der Waals surface area contributed by atoms with Gasteiger partial charge in [-0.1, -0.05) is 18.5 Å². The minimum atomic E-state index is 0.327. The van der Waals surface area contributed by atoms with E-state index < -0.39 is 0 Å². The molecule has 1 atom stereocenters. The van der Waals surface area contributed by atoms with Crippen molar-refractivity contribution < 1.29 is 0 Å². The number of nitrogens with two attached hydrogens (primary N) is 1. The van der Waals surface area contributed by atoms with Crippen molar-refractivity contribution in [1.29, 1.82) is 0 Å². The monoisotopic (exact) mass is 314 g/mol. The highest BCUT2D eigenvalue weighted by atomic mass is 35.5. The van der Waals surface area contributed by atoms with Crippen LogP contribution in [0, 0.1) is 0 Å². The first-order chi connectivity index (χ1) is 10.7. The Morgan fingerprint density at radius 1 is 1.23 bits per heavy atom. The molecule has 0 aliphatic heterocycles. The normalized spacial score (nSPS) is 12.7. The number of imidazole rings is 1. The molecular weight excluding hydrogens is 296 g/mol. The first-order valence-corrected chi connectivity index (χ1v) is 7.90. The number of hydrogen-bond acceptors (Lipinski definition) is 3. The van der Waals surface area contributed by atoms with Gasteiger partial charge in [0.05, 0.1) is 17.2 Å². The highest BCUT2D eigenvalue weighted by Crippen LogP contribution is 2.29. The minimum absolute atomic E-state index is 0.327. The average Bonchev–Trinajstić information content (AvgIpc) is 2.92. The second-order valence-corrected chi connectivity index (χ2v) is 5.77. The van der Waals surface area contributed by atoms with Crippen molar-refractivity contribution in [3.63, 3.8) is 0 Å². The Morgan fingerprint density at radius 2 is 2.00 bits per heavy atom. The van der Waals surface area contributed by atoms with Gasteiger partial charge in [0.15, 0.2) is 0 Å². The lowest BCUT2D eigenvalue weighted by Gasteiger charge is -2.16. The van der Waals surface area contributed by atoms with Crippen molar-refractivity contribution in [2.24, 2.45) is 5.73 Å². The van der Waals surface area contributed by atoms with Crippen LogP contribution in [0.2, 0.25) is 5.02 Å². The van der Waals surface area contributed by atoms with Gasteiger partial charge in [-0.3, -0.25) is 9.55 Å². The van der Waals surface area contributed by atoms with Crippen LogP contribution < -0.4 is 5.73 Å². The maximum absolute atomic E-state index is 6.02. The van der Waals surface area contributed by atoms with E-state index >= 15 is 0 Å². The molecule has 0 aliphatic carbocycles. The van der Waals surface area contributed by atoms with Crippen LogP contribution in [-0.4, -0.2) is 21.1 Å². The molecule has 2 heterocycles. The molecule has 2 N–H and O–H groups in total. The Morgan fingerprint density at radius 3 is 2.68 bits per heavy atom. The zero-order valence-electron chi connectivity index (χ0n) is 12.5. The van der Waals surface area contributed by atoms with Crippen molar-refractivity contribution in [1.82, 2.24) is 14.5 Å². The minimum Gasteiger partial charge on any atom is -0.330 e. The number of nitrogens with zero attached hydrogens (tertiary/aromatic N) is 3. The molecule has 1 unspecified atom stereocenters. The van der Waals surface area contributed by atoms with Crippen molar-refractivity contribution in [3.8, 4) is 5.69 Å². The Balaban J connectivity index is 2.22. The highest BCUT2D eigenvalue weighted by Gasteiger charge is 2.19. The van der Waals surface area contributed by atoms with Gasteiger partial charge >= 0.3 is 0 Å². The van der Waals surface area contributed by atoms with E-state index in [9.17, 15) is 0 Å². The summed E-state index contributed by atoms with van der Waals surface area (Å²) in [6, 6.07) is 9.75. The van der Waals surface area contributed by atoms with Gasteiger partial charge in [0, 0.05) is 22.8 Å². The van der Waals surface area contributed by atoms with Gasteiger partial charge in [-0.15, -0.1) is 0 Å². The number of rotatable bonds is 5. The lowest BCUT2D eigenvalue weighted by molar-refractivity contribution is 0.575. The maximum Gasteiger partial charge on any atom is 0.117 e. The quantitative estimate of drug-likeness (QED) is 0.776. The first kappa shape index (κ1) is 15.0. The molecule has 5 heteroatoms. The van der Waals surface area contributed by atoms with Crippen LogP contribution in [0.25, 0.3) is 16.7 Å². The summed E-state index contributed by atoms with van der Waals surface area (Å²) >= 11 is 6.02. The van der Waals surface area contributed by atoms with Crippen molar-refractivity contribution >= 4 is 22.6 Å². The molecule has 3 aromatic rings. The van der Waals surface area contributed by atoms with Crippen LogP contribution in [0.3, 0.4) is 0 Å². The maximum atomic E-state index is 6.02. The van der Waals surface area contributed by atoms with Gasteiger partial charge in [0.2, 0.25) is 0 Å². The van der Waals surface area contributed by atoms with E-state index in [2.05, 4.69) is 16.5 Å². The largest absolute Gasteiger partial charge is 0.330 e. The van der Waals surface area contributed by atoms with Crippen LogP contribution in [0.4, 0.5) is 0 Å². The number of aromatic nitrogens is 3. The third-order valence-corrected chi connectivity index (χ3v) is 4.19. The van der Waals surface area contributed by atoms with E-state index in [0.29, 0.717) is 12.5 Å². The number of fused-ring (bicyclic) bond motifs is 1. The fourth-order valence-corrected chi connectivity index (χ4v) is 2.92. The van der Waals surface area contributed by atoms with Crippen LogP contribution >= 0.6 is 11.6 Å². The number of hydrogen-bond donors (Lipinski definition) is 1. The Labute approximate surface area is 134 Å². The van der Waals surface area contributed by atoms with E-state index in [1.165, 1.54) is 0 Å². The summed E-state index contributed by atoms with van der Waals surface area (Å²) in [6.07, 6.45) is 5.55. The molecular formula is C17H19ClN4. The number of halogens is 1. The summed E-state index contributed by atoms with van der Waals surface area (Å²) in [5, 5.41) is 0.724. The molecule has 0 fully saturated rings. The van der Waals surface area contributed by atoms with Gasteiger partial charge in [-0.25, -0.2) is 4.98 Å². The molecule has 4 nitrogen and oxygen atoms in total. The van der Waals surface area contributed by atoms with Crippen LogP contribution in [0.15, 0.2) is 42.7 Å². The summed E-state index contributed by atoms with van der Waals surface area (Å²) in [4.78, 5) is 9.09. The van der Waals surface area contributed by atoms with Crippen LogP contribution in [0.5, 0.6) is 0 Å². The molecule has 0 amide bonds. The second-order valence-electron chi connectivity index (χ2n) is 5.33. The fraction of sp³-hybridized carbons (Fsp3) is 0.294. The van der Waals surface area contributed by atoms with Crippen molar-refractivity contribution in [2.45, 2.75) is 25.7 Å². The molecule has 1 aromatic carbocycles. The molecule has 0 spiro atoms. The topological polar surface area (TPSA) is 56.7 Å². The fourth-order valence-electron chi connectivity index (χ4n) is 2.79. The summed E-state index contributed by atoms with van der Waals surface area (Å²) in [7, 11) is 0. The van der Waals surface area contributed by atoms with E-state index in [1.807, 2.05) is 36.5 Å². The molecule has 0 saturated carbocycles. The first-order valence-electron chi connectivity index (χ1n) is 7.53. The van der Waals surface area contributed by atoms with Gasteiger partial charge < -0.3 is 5.73 Å². The zero-order valence-corrected chi connectivity index (χ0v) is 13.3. The van der Waals surface area contributed by atoms with E-state index in [0.717, 1.165) is 40.4 Å². The smallest absolute Gasteiger partial charge is 0.117 e. The summed E-state index contributed by atoms with van der Waals surface area (Å²) in [5.74, 6) is 1.37. The second kappa shape index (κ2) is 6.46. The Kier molecular flexibility index (Phi) is 4.41. The van der Waals surface area contributed by atoms with E-state index in [-0.39, 0.29) is 0 Å². The van der Waals surface area contributed by atoms with Crippen molar-refractivity contribution in [3.05, 3.63) is 53.6 Å². The summed E-state index contributed by atoms with van der Waals surface area (Å²) in [6.45, 7) is 2.82. The molecule has 3 rings (SSSR count). The molecule has 0 saturated heterocycles. The lowest BCUT2D eigenvalue weighted by Crippen LogP contribution is -2.12. The number of benzene rings is 1. The highest BCUT2D eigenvalue weighted by molar-refractivity contribution is 6.30. The molecule has 2 aromatic heterocycles. The van der Waals surface area contributed by atoms with E-state index in [1.54, 1.807) is 6.20 Å². The molecule has 0 radical (unpaired) electrons. The molecule has 22 heavy (non-hydrogen) atoms. The van der Waals surface area contributed by atoms with E-state index in [4.69, 9.17) is 22.3 Å². The van der Waals surface area contributed by atoms with Crippen LogP contribution in [-0.2, 0) is 0 Å². The Hall–Kier alpha value is -1.91. The molecule has 0 aliphatic rings. The predicted octanol–water partition coefficient (Wildman–Crippen LogP) is 3.92. The summed E-state index contributed by atoms with van der Waals surface area (Å²) in [5.41, 5.74) is 8.79.